The van der Waals surface area contributed by atoms with Gasteiger partial charge in [-0.2, -0.15) is 0 Å². The van der Waals surface area contributed by atoms with E-state index in [-0.39, 0.29) is 0 Å². The maximum atomic E-state index is 5.79. The molecule has 0 aliphatic rings. The zero-order valence-electron chi connectivity index (χ0n) is 9.35. The van der Waals surface area contributed by atoms with Crippen LogP contribution in [0.25, 0.3) is 0 Å². The highest BCUT2D eigenvalue weighted by atomic mass is 14.6. The Kier molecular flexibility index (Phi) is 4.84. The van der Waals surface area contributed by atoms with Crippen molar-refractivity contribution < 1.29 is 0 Å². The van der Waals surface area contributed by atoms with Gasteiger partial charge in [-0.1, -0.05) is 41.0 Å². The van der Waals surface area contributed by atoms with Gasteiger partial charge in [0, 0.05) is 0 Å². The average molecular weight is 171 g/mol. The molecule has 1 nitrogen and oxygen atoms in total. The minimum Gasteiger partial charge on any atom is -0.330 e. The minimum atomic E-state index is 0.351. The highest BCUT2D eigenvalue weighted by molar-refractivity contribution is 4.78. The van der Waals surface area contributed by atoms with E-state index in [2.05, 4.69) is 34.6 Å². The second kappa shape index (κ2) is 4.86. The highest BCUT2D eigenvalue weighted by Gasteiger charge is 2.26. The van der Waals surface area contributed by atoms with Crippen LogP contribution in [-0.4, -0.2) is 6.54 Å². The lowest BCUT2D eigenvalue weighted by molar-refractivity contribution is 0.195. The Balaban J connectivity index is 3.97. The van der Waals surface area contributed by atoms with Crippen molar-refractivity contribution in [3.05, 3.63) is 0 Å². The van der Waals surface area contributed by atoms with E-state index in [1.54, 1.807) is 0 Å². The maximum absolute atomic E-state index is 5.79. The van der Waals surface area contributed by atoms with Crippen LogP contribution in [0, 0.1) is 17.3 Å². The first kappa shape index (κ1) is 12.0. The lowest BCUT2D eigenvalue weighted by Crippen LogP contribution is -2.32. The van der Waals surface area contributed by atoms with Gasteiger partial charge in [-0.05, 0) is 30.2 Å². The van der Waals surface area contributed by atoms with Crippen molar-refractivity contribution in [1.82, 2.24) is 0 Å². The molecule has 0 aromatic carbocycles. The first-order valence-electron chi connectivity index (χ1n) is 5.12. The third kappa shape index (κ3) is 3.57. The summed E-state index contributed by atoms with van der Waals surface area (Å²) >= 11 is 0. The van der Waals surface area contributed by atoms with Gasteiger partial charge < -0.3 is 5.73 Å². The summed E-state index contributed by atoms with van der Waals surface area (Å²) < 4.78 is 0. The predicted molar refractivity (Wildman–Crippen MR) is 56.1 cm³/mol. The van der Waals surface area contributed by atoms with Crippen molar-refractivity contribution >= 4 is 0 Å². The zero-order valence-corrected chi connectivity index (χ0v) is 9.35. The second-order valence-corrected chi connectivity index (χ2v) is 4.95. The first-order chi connectivity index (χ1) is 5.42. The van der Waals surface area contributed by atoms with Crippen molar-refractivity contribution in [1.29, 1.82) is 0 Å². The summed E-state index contributed by atoms with van der Waals surface area (Å²) in [4.78, 5) is 0. The monoisotopic (exact) mass is 171 g/mol. The van der Waals surface area contributed by atoms with E-state index in [1.807, 2.05) is 0 Å². The summed E-state index contributed by atoms with van der Waals surface area (Å²) in [6.07, 6.45) is 2.56. The van der Waals surface area contributed by atoms with Crippen LogP contribution in [0.4, 0.5) is 0 Å². The summed E-state index contributed by atoms with van der Waals surface area (Å²) in [6, 6.07) is 0. The molecule has 0 radical (unpaired) electrons. The topological polar surface area (TPSA) is 26.0 Å². The van der Waals surface area contributed by atoms with Crippen molar-refractivity contribution in [3.63, 3.8) is 0 Å². The fourth-order valence-corrected chi connectivity index (χ4v) is 1.24. The van der Waals surface area contributed by atoms with E-state index in [1.165, 1.54) is 12.8 Å². The molecule has 0 aromatic rings. The van der Waals surface area contributed by atoms with Gasteiger partial charge in [0.2, 0.25) is 0 Å². The molecule has 0 aliphatic heterocycles. The molecule has 0 aromatic heterocycles. The Morgan fingerprint density at radius 1 is 1.17 bits per heavy atom. The van der Waals surface area contributed by atoms with Gasteiger partial charge in [0.15, 0.2) is 0 Å². The van der Waals surface area contributed by atoms with E-state index in [4.69, 9.17) is 5.73 Å². The Morgan fingerprint density at radius 3 is 1.92 bits per heavy atom. The molecule has 0 heterocycles. The molecule has 0 spiro atoms. The first-order valence-corrected chi connectivity index (χ1v) is 5.12. The quantitative estimate of drug-likeness (QED) is 0.676. The smallest absolute Gasteiger partial charge is 0.00207 e. The fraction of sp³-hybridized carbons (Fsp3) is 1.00. The molecule has 0 bridgehead atoms. The normalized spacial score (nSPS) is 17.0. The van der Waals surface area contributed by atoms with Crippen LogP contribution in [0.15, 0.2) is 0 Å². The van der Waals surface area contributed by atoms with E-state index < -0.39 is 0 Å². The van der Waals surface area contributed by atoms with Gasteiger partial charge in [-0.25, -0.2) is 0 Å². The van der Waals surface area contributed by atoms with Crippen LogP contribution in [-0.2, 0) is 0 Å². The number of hydrogen-bond acceptors (Lipinski definition) is 1. The van der Waals surface area contributed by atoms with Crippen molar-refractivity contribution in [2.45, 2.75) is 47.5 Å². The molecule has 0 rings (SSSR count). The second-order valence-electron chi connectivity index (χ2n) is 4.95. The molecule has 1 heteroatoms. The van der Waals surface area contributed by atoms with Crippen LogP contribution in [0.3, 0.4) is 0 Å². The minimum absolute atomic E-state index is 0.351. The molecule has 2 N–H and O–H groups in total. The summed E-state index contributed by atoms with van der Waals surface area (Å²) in [7, 11) is 0. The van der Waals surface area contributed by atoms with E-state index >= 15 is 0 Å². The number of hydrogen-bond donors (Lipinski definition) is 1. The van der Waals surface area contributed by atoms with Crippen LogP contribution < -0.4 is 5.73 Å². The lowest BCUT2D eigenvalue weighted by atomic mass is 9.74. The predicted octanol–water partition coefficient (Wildman–Crippen LogP) is 3.04. The van der Waals surface area contributed by atoms with Gasteiger partial charge in [0.1, 0.15) is 0 Å². The summed E-state index contributed by atoms with van der Waals surface area (Å²) in [5.41, 5.74) is 6.15. The van der Waals surface area contributed by atoms with Crippen LogP contribution in [0.2, 0.25) is 0 Å². The summed E-state index contributed by atoms with van der Waals surface area (Å²) in [5, 5.41) is 0. The largest absolute Gasteiger partial charge is 0.330 e. The molecule has 0 aliphatic carbocycles. The molecular weight excluding hydrogens is 146 g/mol. The Labute approximate surface area is 77.7 Å². The molecule has 1 atom stereocenters. The van der Waals surface area contributed by atoms with Crippen LogP contribution in [0.5, 0.6) is 0 Å². The molecule has 0 amide bonds. The van der Waals surface area contributed by atoms with Crippen molar-refractivity contribution in [2.75, 3.05) is 6.54 Å². The molecule has 74 valence electrons. The van der Waals surface area contributed by atoms with E-state index in [0.29, 0.717) is 11.3 Å². The number of nitrogens with two attached hydrogens (primary N) is 1. The van der Waals surface area contributed by atoms with Gasteiger partial charge >= 0.3 is 0 Å². The molecular formula is C11H25N. The van der Waals surface area contributed by atoms with Gasteiger partial charge in [0.05, 0.1) is 0 Å². The molecule has 12 heavy (non-hydrogen) atoms. The Morgan fingerprint density at radius 2 is 1.67 bits per heavy atom. The summed E-state index contributed by atoms with van der Waals surface area (Å²) in [5.74, 6) is 1.50. The van der Waals surface area contributed by atoms with Gasteiger partial charge in [-0.3, -0.25) is 0 Å². The standard InChI is InChI=1S/C11H25N/c1-9(2)6-7-11(5,8-12)10(3)4/h9-10H,6-8,12H2,1-5H3. The Bertz CT molecular complexity index is 118. The van der Waals surface area contributed by atoms with Crippen molar-refractivity contribution in [3.8, 4) is 0 Å². The van der Waals surface area contributed by atoms with Crippen LogP contribution in [0.1, 0.15) is 47.5 Å². The zero-order chi connectivity index (χ0) is 9.78. The SMILES string of the molecule is CC(C)CCC(C)(CN)C(C)C. The average Bonchev–Trinajstić information content (AvgIpc) is 1.99. The lowest BCUT2D eigenvalue weighted by Gasteiger charge is -2.33. The summed E-state index contributed by atoms with van der Waals surface area (Å²) in [6.45, 7) is 12.2. The van der Waals surface area contributed by atoms with Gasteiger partial charge in [0.25, 0.3) is 0 Å². The molecule has 0 saturated heterocycles. The Hall–Kier alpha value is -0.0400. The van der Waals surface area contributed by atoms with Gasteiger partial charge in [-0.15, -0.1) is 0 Å². The van der Waals surface area contributed by atoms with E-state index in [9.17, 15) is 0 Å². The highest BCUT2D eigenvalue weighted by Crippen LogP contribution is 2.32. The third-order valence-corrected chi connectivity index (χ3v) is 3.15. The van der Waals surface area contributed by atoms with Crippen molar-refractivity contribution in [2.24, 2.45) is 23.0 Å². The van der Waals surface area contributed by atoms with Crippen LogP contribution >= 0.6 is 0 Å². The maximum Gasteiger partial charge on any atom is -0.00207 e. The molecule has 1 unspecified atom stereocenters. The van der Waals surface area contributed by atoms with E-state index in [0.717, 1.165) is 12.5 Å². The molecule has 0 fully saturated rings. The third-order valence-electron chi connectivity index (χ3n) is 3.15. The fourth-order valence-electron chi connectivity index (χ4n) is 1.24. The molecule has 0 saturated carbocycles. The number of rotatable bonds is 5.